The summed E-state index contributed by atoms with van der Waals surface area (Å²) in [5.41, 5.74) is 0.988. The van der Waals surface area contributed by atoms with E-state index in [-0.39, 0.29) is 5.82 Å². The lowest BCUT2D eigenvalue weighted by Gasteiger charge is -2.01. The Kier molecular flexibility index (Phi) is 1.95. The highest BCUT2D eigenvalue weighted by atomic mass is 15.4. The maximum absolute atomic E-state index is 8.56. The van der Waals surface area contributed by atoms with Gasteiger partial charge < -0.3 is 0 Å². The first-order chi connectivity index (χ1) is 6.81. The van der Waals surface area contributed by atoms with Gasteiger partial charge in [0.2, 0.25) is 0 Å². The topological polar surface area (TPSA) is 67.4 Å². The van der Waals surface area contributed by atoms with Crippen molar-refractivity contribution >= 4 is 0 Å². The van der Waals surface area contributed by atoms with Crippen LogP contribution in [0.2, 0.25) is 0 Å². The number of aromatic nitrogens is 4. The number of hydrogen-bond donors (Lipinski definition) is 0. The number of rotatable bonds is 1. The molecule has 0 aliphatic heterocycles. The van der Waals surface area contributed by atoms with E-state index in [1.165, 1.54) is 11.0 Å². The Balaban J connectivity index is 2.51. The summed E-state index contributed by atoms with van der Waals surface area (Å²) < 4.78 is 1.49. The molecule has 0 N–H and O–H groups in total. The van der Waals surface area contributed by atoms with Crippen molar-refractivity contribution in [1.82, 2.24) is 19.7 Å². The van der Waals surface area contributed by atoms with Crippen LogP contribution in [0.5, 0.6) is 0 Å². The van der Waals surface area contributed by atoms with Gasteiger partial charge in [0, 0.05) is 6.20 Å². The van der Waals surface area contributed by atoms with E-state index in [0.717, 1.165) is 5.56 Å². The molecule has 5 heteroatoms. The summed E-state index contributed by atoms with van der Waals surface area (Å²) in [7, 11) is 0. The zero-order chi connectivity index (χ0) is 9.97. The molecule has 0 radical (unpaired) electrons. The minimum Gasteiger partial charge on any atom is -0.237 e. The van der Waals surface area contributed by atoms with Crippen molar-refractivity contribution in [2.75, 3.05) is 0 Å². The van der Waals surface area contributed by atoms with Gasteiger partial charge in [-0.3, -0.25) is 0 Å². The number of aryl methyl sites for hydroxylation is 1. The lowest BCUT2D eigenvalue weighted by atomic mass is 10.3. The first-order valence-corrected chi connectivity index (χ1v) is 4.05. The van der Waals surface area contributed by atoms with Crippen molar-refractivity contribution in [3.05, 3.63) is 36.0 Å². The van der Waals surface area contributed by atoms with Gasteiger partial charge in [-0.1, -0.05) is 6.07 Å². The lowest BCUT2D eigenvalue weighted by Crippen LogP contribution is -2.00. The van der Waals surface area contributed by atoms with E-state index in [1.807, 2.05) is 25.1 Å². The SMILES string of the molecule is Cc1cccnc1-n1cnc(C#N)n1. The Morgan fingerprint density at radius 2 is 2.29 bits per heavy atom. The van der Waals surface area contributed by atoms with Crippen LogP contribution in [0.15, 0.2) is 24.7 Å². The molecule has 68 valence electrons. The largest absolute Gasteiger partial charge is 0.252 e. The van der Waals surface area contributed by atoms with Crippen molar-refractivity contribution in [2.24, 2.45) is 0 Å². The molecule has 0 saturated heterocycles. The van der Waals surface area contributed by atoms with Gasteiger partial charge in [0.1, 0.15) is 12.4 Å². The molecule has 0 spiro atoms. The molecule has 0 aliphatic carbocycles. The molecule has 14 heavy (non-hydrogen) atoms. The fraction of sp³-hybridized carbons (Fsp3) is 0.111. The third-order valence-corrected chi connectivity index (χ3v) is 1.79. The van der Waals surface area contributed by atoms with Crippen LogP contribution >= 0.6 is 0 Å². The van der Waals surface area contributed by atoms with Crippen LogP contribution < -0.4 is 0 Å². The maximum atomic E-state index is 8.56. The summed E-state index contributed by atoms with van der Waals surface area (Å²) in [5, 5.41) is 12.5. The number of pyridine rings is 1. The Labute approximate surface area is 80.7 Å². The molecule has 5 nitrogen and oxygen atoms in total. The molecule has 0 bridgehead atoms. The van der Waals surface area contributed by atoms with Gasteiger partial charge in [-0.2, -0.15) is 5.26 Å². The fourth-order valence-electron chi connectivity index (χ4n) is 1.13. The third-order valence-electron chi connectivity index (χ3n) is 1.79. The van der Waals surface area contributed by atoms with Crippen molar-refractivity contribution in [3.63, 3.8) is 0 Å². The lowest BCUT2D eigenvalue weighted by molar-refractivity contribution is 0.831. The zero-order valence-electron chi connectivity index (χ0n) is 7.55. The summed E-state index contributed by atoms with van der Waals surface area (Å²) in [6.45, 7) is 1.93. The highest BCUT2D eigenvalue weighted by Crippen LogP contribution is 2.07. The van der Waals surface area contributed by atoms with Crippen LogP contribution in [0.25, 0.3) is 5.82 Å². The quantitative estimate of drug-likeness (QED) is 0.660. The molecule has 0 aliphatic rings. The smallest absolute Gasteiger partial charge is 0.237 e. The van der Waals surface area contributed by atoms with Crippen LogP contribution in [0.1, 0.15) is 11.4 Å². The molecule has 2 heterocycles. The zero-order valence-corrected chi connectivity index (χ0v) is 7.55. The van der Waals surface area contributed by atoms with Gasteiger partial charge in [0.15, 0.2) is 5.82 Å². The summed E-state index contributed by atoms with van der Waals surface area (Å²) in [6.07, 6.45) is 3.16. The number of nitrogens with zero attached hydrogens (tertiary/aromatic N) is 5. The van der Waals surface area contributed by atoms with Gasteiger partial charge in [-0.25, -0.2) is 14.6 Å². The van der Waals surface area contributed by atoms with Crippen molar-refractivity contribution in [3.8, 4) is 11.9 Å². The summed E-state index contributed by atoms with van der Waals surface area (Å²) in [4.78, 5) is 7.95. The summed E-state index contributed by atoms with van der Waals surface area (Å²) in [6, 6.07) is 5.64. The van der Waals surface area contributed by atoms with Crippen LogP contribution in [0.3, 0.4) is 0 Å². The van der Waals surface area contributed by atoms with E-state index in [4.69, 9.17) is 5.26 Å². The minimum atomic E-state index is 0.148. The molecule has 0 unspecified atom stereocenters. The fourth-order valence-corrected chi connectivity index (χ4v) is 1.13. The molecule has 0 aromatic carbocycles. The molecule has 2 rings (SSSR count). The Morgan fingerprint density at radius 1 is 1.43 bits per heavy atom. The second-order valence-electron chi connectivity index (χ2n) is 2.77. The standard InChI is InChI=1S/C9H7N5/c1-7-3-2-4-11-9(7)14-6-12-8(5-10)13-14/h2-4,6H,1H3. The first-order valence-electron chi connectivity index (χ1n) is 4.05. The Hall–Kier alpha value is -2.22. The van der Waals surface area contributed by atoms with Gasteiger partial charge >= 0.3 is 0 Å². The highest BCUT2D eigenvalue weighted by Gasteiger charge is 2.04. The third kappa shape index (κ3) is 1.33. The molecular weight excluding hydrogens is 178 g/mol. The summed E-state index contributed by atoms with van der Waals surface area (Å²) >= 11 is 0. The Bertz CT molecular complexity index is 494. The molecule has 0 saturated carbocycles. The van der Waals surface area contributed by atoms with E-state index in [9.17, 15) is 0 Å². The maximum Gasteiger partial charge on any atom is 0.252 e. The average molecular weight is 185 g/mol. The van der Waals surface area contributed by atoms with E-state index in [1.54, 1.807) is 6.20 Å². The van der Waals surface area contributed by atoms with Gasteiger partial charge in [-0.15, -0.1) is 5.10 Å². The average Bonchev–Trinajstić information content (AvgIpc) is 2.67. The van der Waals surface area contributed by atoms with Crippen molar-refractivity contribution in [2.45, 2.75) is 6.92 Å². The molecule has 2 aromatic rings. The normalized spacial score (nSPS) is 9.71. The number of nitriles is 1. The molecule has 2 aromatic heterocycles. The van der Waals surface area contributed by atoms with Crippen molar-refractivity contribution < 1.29 is 0 Å². The van der Waals surface area contributed by atoms with E-state index >= 15 is 0 Å². The van der Waals surface area contributed by atoms with Gasteiger partial charge in [0.25, 0.3) is 5.82 Å². The molecule has 0 atom stereocenters. The second kappa shape index (κ2) is 3.26. The van der Waals surface area contributed by atoms with E-state index in [0.29, 0.717) is 5.82 Å². The van der Waals surface area contributed by atoms with E-state index in [2.05, 4.69) is 15.1 Å². The minimum absolute atomic E-state index is 0.148. The van der Waals surface area contributed by atoms with Crippen LogP contribution in [0, 0.1) is 18.3 Å². The van der Waals surface area contributed by atoms with Crippen LogP contribution in [-0.2, 0) is 0 Å². The summed E-state index contributed by atoms with van der Waals surface area (Å²) in [5.74, 6) is 0.844. The van der Waals surface area contributed by atoms with E-state index < -0.39 is 0 Å². The second-order valence-corrected chi connectivity index (χ2v) is 2.77. The van der Waals surface area contributed by atoms with Crippen LogP contribution in [-0.4, -0.2) is 19.7 Å². The highest BCUT2D eigenvalue weighted by molar-refractivity contribution is 5.31. The monoisotopic (exact) mass is 185 g/mol. The predicted octanol–water partition coefficient (Wildman–Crippen LogP) is 0.842. The van der Waals surface area contributed by atoms with Gasteiger partial charge in [0.05, 0.1) is 0 Å². The Morgan fingerprint density at radius 3 is 2.93 bits per heavy atom. The predicted molar refractivity (Wildman–Crippen MR) is 48.6 cm³/mol. The molecular formula is C9H7N5. The molecule has 0 amide bonds. The van der Waals surface area contributed by atoms with Crippen LogP contribution in [0.4, 0.5) is 0 Å². The molecule has 0 fully saturated rings. The first kappa shape index (κ1) is 8.38. The number of hydrogen-bond acceptors (Lipinski definition) is 4. The van der Waals surface area contributed by atoms with Crippen molar-refractivity contribution in [1.29, 1.82) is 5.26 Å². The van der Waals surface area contributed by atoms with Gasteiger partial charge in [-0.05, 0) is 18.6 Å².